The molecule has 1 amide bonds. The van der Waals surface area contributed by atoms with Crippen LogP contribution in [0.25, 0.3) is 0 Å². The third kappa shape index (κ3) is 3.05. The van der Waals surface area contributed by atoms with Crippen molar-refractivity contribution in [3.05, 3.63) is 34.9 Å². The Balaban J connectivity index is 2.25. The van der Waals surface area contributed by atoms with Crippen molar-refractivity contribution in [1.29, 1.82) is 0 Å². The first-order chi connectivity index (χ1) is 8.37. The summed E-state index contributed by atoms with van der Waals surface area (Å²) in [6.45, 7) is 7.26. The van der Waals surface area contributed by atoms with Crippen LogP contribution >= 0.6 is 11.6 Å². The first kappa shape index (κ1) is 13.4. The van der Waals surface area contributed by atoms with Gasteiger partial charge < -0.3 is 5.32 Å². The number of amides is 1. The predicted octanol–water partition coefficient (Wildman–Crippen LogP) is 3.69. The van der Waals surface area contributed by atoms with Crippen molar-refractivity contribution < 1.29 is 4.79 Å². The van der Waals surface area contributed by atoms with Gasteiger partial charge >= 0.3 is 0 Å². The molecular weight excluding hydrogens is 246 g/mol. The quantitative estimate of drug-likeness (QED) is 0.812. The summed E-state index contributed by atoms with van der Waals surface area (Å²) < 4.78 is 0. The number of rotatable bonds is 2. The largest absolute Gasteiger partial charge is 0.352 e. The summed E-state index contributed by atoms with van der Waals surface area (Å²) in [4.78, 5) is 11.8. The average Bonchev–Trinajstić information content (AvgIpc) is 2.27. The van der Waals surface area contributed by atoms with Gasteiger partial charge in [0.25, 0.3) is 5.91 Å². The highest BCUT2D eigenvalue weighted by Crippen LogP contribution is 2.35. The zero-order chi connectivity index (χ0) is 13.3. The minimum absolute atomic E-state index is 0.0257. The molecule has 2 nitrogen and oxygen atoms in total. The topological polar surface area (TPSA) is 29.1 Å². The second-order valence-corrected chi connectivity index (χ2v) is 6.68. The maximum atomic E-state index is 11.8. The monoisotopic (exact) mass is 265 g/mol. The summed E-state index contributed by atoms with van der Waals surface area (Å²) in [6.07, 6.45) is 1.81. The van der Waals surface area contributed by atoms with Gasteiger partial charge in [0.05, 0.1) is 5.38 Å². The maximum absolute atomic E-state index is 11.8. The van der Waals surface area contributed by atoms with Gasteiger partial charge in [-0.05, 0) is 35.4 Å². The number of alkyl halides is 1. The normalized spacial score (nSPS) is 17.0. The summed E-state index contributed by atoms with van der Waals surface area (Å²) in [7, 11) is 0. The van der Waals surface area contributed by atoms with Crippen molar-refractivity contribution in [2.75, 3.05) is 6.54 Å². The minimum Gasteiger partial charge on any atom is -0.352 e. The number of carbonyl (C=O) groups is 1. The molecule has 18 heavy (non-hydrogen) atoms. The van der Waals surface area contributed by atoms with E-state index in [0.29, 0.717) is 0 Å². The van der Waals surface area contributed by atoms with Crippen LogP contribution in [0.4, 0.5) is 0 Å². The zero-order valence-electron chi connectivity index (χ0n) is 11.2. The number of nitrogens with one attached hydrogen (secondary N) is 1. The van der Waals surface area contributed by atoms with Crippen LogP contribution in [0, 0.1) is 5.41 Å². The molecule has 1 N–H and O–H groups in total. The molecular formula is C15H20ClNO. The lowest BCUT2D eigenvalue weighted by atomic mass is 9.87. The first-order valence-corrected chi connectivity index (χ1v) is 6.85. The number of hydrogen-bond donors (Lipinski definition) is 1. The molecule has 0 saturated heterocycles. The Labute approximate surface area is 114 Å². The highest BCUT2D eigenvalue weighted by Gasteiger charge is 2.21. The van der Waals surface area contributed by atoms with E-state index in [9.17, 15) is 4.79 Å². The van der Waals surface area contributed by atoms with E-state index in [0.717, 1.165) is 36.1 Å². The molecule has 2 rings (SSSR count). The molecule has 0 fully saturated rings. The molecule has 1 aliphatic heterocycles. The van der Waals surface area contributed by atoms with Crippen molar-refractivity contribution in [2.45, 2.75) is 39.0 Å². The molecule has 0 saturated carbocycles. The van der Waals surface area contributed by atoms with Gasteiger partial charge in [0.1, 0.15) is 0 Å². The van der Waals surface area contributed by atoms with E-state index in [1.54, 1.807) is 0 Å². The summed E-state index contributed by atoms with van der Waals surface area (Å²) in [6, 6.07) is 6.05. The van der Waals surface area contributed by atoms with Crippen LogP contribution in [0.5, 0.6) is 0 Å². The van der Waals surface area contributed by atoms with E-state index < -0.39 is 0 Å². The lowest BCUT2D eigenvalue weighted by Crippen LogP contribution is -2.31. The number of benzene rings is 1. The number of halogens is 1. The van der Waals surface area contributed by atoms with Gasteiger partial charge in [-0.2, -0.15) is 0 Å². The van der Waals surface area contributed by atoms with Crippen molar-refractivity contribution in [3.63, 3.8) is 0 Å². The summed E-state index contributed by atoms with van der Waals surface area (Å²) in [5.74, 6) is 0.0257. The second kappa shape index (κ2) is 4.93. The molecule has 0 radical (unpaired) electrons. The van der Waals surface area contributed by atoms with E-state index in [1.165, 1.54) is 0 Å². The molecule has 0 aliphatic carbocycles. The van der Waals surface area contributed by atoms with Gasteiger partial charge in [0.15, 0.2) is 0 Å². The molecule has 0 bridgehead atoms. The van der Waals surface area contributed by atoms with Gasteiger partial charge in [0.2, 0.25) is 0 Å². The van der Waals surface area contributed by atoms with Gasteiger partial charge in [-0.1, -0.05) is 32.9 Å². The maximum Gasteiger partial charge on any atom is 0.251 e. The van der Waals surface area contributed by atoms with E-state index in [2.05, 4.69) is 32.2 Å². The smallest absolute Gasteiger partial charge is 0.251 e. The summed E-state index contributed by atoms with van der Waals surface area (Å²) in [5.41, 5.74) is 3.15. The molecule has 1 aliphatic rings. The Kier molecular flexibility index (Phi) is 3.67. The zero-order valence-corrected chi connectivity index (χ0v) is 12.0. The van der Waals surface area contributed by atoms with E-state index >= 15 is 0 Å². The van der Waals surface area contributed by atoms with Gasteiger partial charge in [-0.3, -0.25) is 4.79 Å². The van der Waals surface area contributed by atoms with E-state index in [-0.39, 0.29) is 16.7 Å². The fourth-order valence-corrected chi connectivity index (χ4v) is 2.88. The summed E-state index contributed by atoms with van der Waals surface area (Å²) >= 11 is 6.45. The van der Waals surface area contributed by atoms with Crippen LogP contribution in [0.1, 0.15) is 54.1 Å². The minimum atomic E-state index is -0.0370. The molecule has 3 heteroatoms. The second-order valence-electron chi connectivity index (χ2n) is 6.15. The van der Waals surface area contributed by atoms with Gasteiger partial charge in [0, 0.05) is 12.1 Å². The van der Waals surface area contributed by atoms with Crippen LogP contribution < -0.4 is 5.32 Å². The average molecular weight is 266 g/mol. The standard InChI is InChI=1S/C15H20ClNO/c1-15(2,3)9-13(16)11-5-4-10-6-7-17-14(18)12(10)8-11/h4-5,8,13H,6-7,9H2,1-3H3,(H,17,18). The molecule has 0 spiro atoms. The number of hydrogen-bond acceptors (Lipinski definition) is 1. The Hall–Kier alpha value is -1.02. The third-order valence-electron chi connectivity index (χ3n) is 3.21. The van der Waals surface area contributed by atoms with Gasteiger partial charge in [-0.25, -0.2) is 0 Å². The predicted molar refractivity (Wildman–Crippen MR) is 75.1 cm³/mol. The molecule has 1 atom stereocenters. The fraction of sp³-hybridized carbons (Fsp3) is 0.533. The molecule has 1 heterocycles. The lowest BCUT2D eigenvalue weighted by molar-refractivity contribution is 0.0946. The van der Waals surface area contributed by atoms with Crippen molar-refractivity contribution in [3.8, 4) is 0 Å². The SMILES string of the molecule is CC(C)(C)CC(Cl)c1ccc2c(c1)C(=O)NCC2. The van der Waals surface area contributed by atoms with Crippen molar-refractivity contribution in [2.24, 2.45) is 5.41 Å². The third-order valence-corrected chi connectivity index (χ3v) is 3.62. The first-order valence-electron chi connectivity index (χ1n) is 6.42. The number of carbonyl (C=O) groups excluding carboxylic acids is 1. The highest BCUT2D eigenvalue weighted by atomic mass is 35.5. The Morgan fingerprint density at radius 1 is 1.39 bits per heavy atom. The van der Waals surface area contributed by atoms with Crippen LogP contribution in [-0.2, 0) is 6.42 Å². The molecule has 1 aromatic carbocycles. The van der Waals surface area contributed by atoms with Crippen LogP contribution in [0.15, 0.2) is 18.2 Å². The van der Waals surface area contributed by atoms with Gasteiger partial charge in [-0.15, -0.1) is 11.6 Å². The summed E-state index contributed by atoms with van der Waals surface area (Å²) in [5, 5.41) is 2.83. The van der Waals surface area contributed by atoms with Crippen LogP contribution in [0.3, 0.4) is 0 Å². The van der Waals surface area contributed by atoms with E-state index in [1.807, 2.05) is 12.1 Å². The van der Waals surface area contributed by atoms with Crippen LogP contribution in [-0.4, -0.2) is 12.5 Å². The lowest BCUT2D eigenvalue weighted by Gasteiger charge is -2.23. The Morgan fingerprint density at radius 3 is 2.78 bits per heavy atom. The van der Waals surface area contributed by atoms with Crippen molar-refractivity contribution >= 4 is 17.5 Å². The van der Waals surface area contributed by atoms with E-state index in [4.69, 9.17) is 11.6 Å². The van der Waals surface area contributed by atoms with Crippen LogP contribution in [0.2, 0.25) is 0 Å². The van der Waals surface area contributed by atoms with Crippen molar-refractivity contribution in [1.82, 2.24) is 5.32 Å². The molecule has 1 unspecified atom stereocenters. The Bertz CT molecular complexity index is 462. The number of fused-ring (bicyclic) bond motifs is 1. The Morgan fingerprint density at radius 2 is 2.11 bits per heavy atom. The molecule has 0 aromatic heterocycles. The highest BCUT2D eigenvalue weighted by molar-refractivity contribution is 6.20. The molecule has 1 aromatic rings. The molecule has 98 valence electrons. The fourth-order valence-electron chi connectivity index (χ4n) is 2.28.